The van der Waals surface area contributed by atoms with Gasteiger partial charge in [0.05, 0.1) is 6.61 Å². The zero-order valence-corrected chi connectivity index (χ0v) is 12.4. The van der Waals surface area contributed by atoms with Gasteiger partial charge in [0.15, 0.2) is 0 Å². The monoisotopic (exact) mass is 330 g/mol. The van der Waals surface area contributed by atoms with Gasteiger partial charge in [0.2, 0.25) is 10.0 Å². The summed E-state index contributed by atoms with van der Waals surface area (Å²) in [6.45, 7) is 0.927. The molecule has 0 radical (unpaired) electrons. The molecule has 1 heterocycles. The van der Waals surface area contributed by atoms with Crippen LogP contribution in [0.15, 0.2) is 9.31 Å². The molecular formula is C11H17F3N2O4S. The van der Waals surface area contributed by atoms with Crippen LogP contribution in [0, 0.1) is 13.8 Å². The third-order valence-corrected chi connectivity index (χ3v) is 4.26. The van der Waals surface area contributed by atoms with Gasteiger partial charge in [-0.2, -0.15) is 13.2 Å². The van der Waals surface area contributed by atoms with Crippen LogP contribution in [0.4, 0.5) is 13.2 Å². The molecule has 0 bridgehead atoms. The molecule has 0 aliphatic rings. The minimum absolute atomic E-state index is 0.0238. The molecule has 122 valence electrons. The molecule has 1 rings (SSSR count). The lowest BCUT2D eigenvalue weighted by atomic mass is 10.2. The minimum Gasteiger partial charge on any atom is -0.465 e. The molecule has 0 amide bonds. The molecule has 0 aromatic carbocycles. The molecule has 0 unspecified atom stereocenters. The summed E-state index contributed by atoms with van der Waals surface area (Å²) < 4.78 is 71.4. The first-order valence-electron chi connectivity index (χ1n) is 6.01. The predicted octanol–water partition coefficient (Wildman–Crippen LogP) is 1.21. The van der Waals surface area contributed by atoms with Gasteiger partial charge in [0, 0.05) is 18.7 Å². The molecule has 0 spiro atoms. The maximum Gasteiger partial charge on any atom is 0.411 e. The number of nitrogens with two attached hydrogens (primary N) is 1. The summed E-state index contributed by atoms with van der Waals surface area (Å²) in [6, 6.07) is 0. The first-order valence-corrected chi connectivity index (χ1v) is 7.50. The van der Waals surface area contributed by atoms with Gasteiger partial charge >= 0.3 is 6.18 Å². The smallest absolute Gasteiger partial charge is 0.411 e. The van der Waals surface area contributed by atoms with Gasteiger partial charge in [0.25, 0.3) is 0 Å². The van der Waals surface area contributed by atoms with Gasteiger partial charge in [0.1, 0.15) is 23.0 Å². The van der Waals surface area contributed by atoms with Crippen LogP contribution in [0.25, 0.3) is 0 Å². The molecule has 0 saturated carbocycles. The van der Waals surface area contributed by atoms with Crippen LogP contribution in [-0.4, -0.2) is 34.4 Å². The number of alkyl halides is 3. The van der Waals surface area contributed by atoms with Crippen LogP contribution in [0.2, 0.25) is 0 Å². The van der Waals surface area contributed by atoms with Crippen molar-refractivity contribution in [3.05, 3.63) is 17.1 Å². The fraction of sp³-hybridized carbons (Fsp3) is 0.636. The summed E-state index contributed by atoms with van der Waals surface area (Å²) in [5, 5.41) is 0. The Balaban J connectivity index is 2.67. The molecule has 6 nitrogen and oxygen atoms in total. The fourth-order valence-corrected chi connectivity index (χ4v) is 3.27. The van der Waals surface area contributed by atoms with Gasteiger partial charge in [-0.05, 0) is 13.8 Å². The third-order valence-electron chi connectivity index (χ3n) is 2.60. The SMILES string of the molecule is Cc1oc(C)c(S(=O)(=O)NCCOCC(F)(F)F)c1CN. The Kier molecular flexibility index (Phi) is 5.79. The highest BCUT2D eigenvalue weighted by Crippen LogP contribution is 2.25. The average molecular weight is 330 g/mol. The van der Waals surface area contributed by atoms with Gasteiger partial charge < -0.3 is 14.9 Å². The van der Waals surface area contributed by atoms with Crippen LogP contribution in [0.5, 0.6) is 0 Å². The average Bonchev–Trinajstić information content (AvgIpc) is 2.62. The number of halogens is 3. The second-order valence-corrected chi connectivity index (χ2v) is 6.00. The third kappa shape index (κ3) is 4.99. The Hall–Kier alpha value is -1.10. The van der Waals surface area contributed by atoms with E-state index in [-0.39, 0.29) is 23.7 Å². The number of hydrogen-bond acceptors (Lipinski definition) is 5. The summed E-state index contributed by atoms with van der Waals surface area (Å²) in [7, 11) is -3.91. The van der Waals surface area contributed by atoms with Crippen LogP contribution < -0.4 is 10.5 Å². The zero-order chi connectivity index (χ0) is 16.3. The summed E-state index contributed by atoms with van der Waals surface area (Å²) in [5.74, 6) is 0.570. The van der Waals surface area contributed by atoms with Crippen molar-refractivity contribution >= 4 is 10.0 Å². The van der Waals surface area contributed by atoms with Gasteiger partial charge in [-0.15, -0.1) is 0 Å². The van der Waals surface area contributed by atoms with Crippen LogP contribution in [0.1, 0.15) is 17.1 Å². The van der Waals surface area contributed by atoms with E-state index in [4.69, 9.17) is 10.2 Å². The second kappa shape index (κ2) is 6.77. The fourth-order valence-electron chi connectivity index (χ4n) is 1.81. The van der Waals surface area contributed by atoms with Crippen LogP contribution in [0.3, 0.4) is 0 Å². The number of furan rings is 1. The van der Waals surface area contributed by atoms with Crippen molar-refractivity contribution in [2.45, 2.75) is 31.5 Å². The van der Waals surface area contributed by atoms with Crippen molar-refractivity contribution in [1.82, 2.24) is 4.72 Å². The van der Waals surface area contributed by atoms with E-state index >= 15 is 0 Å². The number of ether oxygens (including phenoxy) is 1. The number of aryl methyl sites for hydroxylation is 2. The Morgan fingerprint density at radius 2 is 1.90 bits per heavy atom. The molecule has 1 aromatic rings. The van der Waals surface area contributed by atoms with Crippen molar-refractivity contribution in [2.75, 3.05) is 19.8 Å². The summed E-state index contributed by atoms with van der Waals surface area (Å²) >= 11 is 0. The minimum atomic E-state index is -4.44. The molecule has 0 saturated heterocycles. The van der Waals surface area contributed by atoms with E-state index in [2.05, 4.69) is 9.46 Å². The van der Waals surface area contributed by atoms with E-state index in [0.717, 1.165) is 0 Å². The number of nitrogens with one attached hydrogen (secondary N) is 1. The van der Waals surface area contributed by atoms with E-state index in [1.165, 1.54) is 6.92 Å². The number of hydrogen-bond donors (Lipinski definition) is 2. The van der Waals surface area contributed by atoms with Crippen molar-refractivity contribution in [3.8, 4) is 0 Å². The standard InChI is InChI=1S/C11H17F3N2O4S/c1-7-9(5-15)10(8(2)20-7)21(17,18)16-3-4-19-6-11(12,13)14/h16H,3-6,15H2,1-2H3. The van der Waals surface area contributed by atoms with Gasteiger partial charge in [-0.1, -0.05) is 0 Å². The summed E-state index contributed by atoms with van der Waals surface area (Å²) in [5.41, 5.74) is 5.83. The van der Waals surface area contributed by atoms with E-state index in [9.17, 15) is 21.6 Å². The zero-order valence-electron chi connectivity index (χ0n) is 11.6. The molecular weight excluding hydrogens is 313 g/mol. The maximum absolute atomic E-state index is 12.1. The van der Waals surface area contributed by atoms with E-state index in [0.29, 0.717) is 11.3 Å². The Morgan fingerprint density at radius 1 is 1.29 bits per heavy atom. The lowest BCUT2D eigenvalue weighted by Crippen LogP contribution is -2.30. The predicted molar refractivity (Wildman–Crippen MR) is 68.1 cm³/mol. The maximum atomic E-state index is 12.1. The highest BCUT2D eigenvalue weighted by Gasteiger charge is 2.28. The lowest BCUT2D eigenvalue weighted by Gasteiger charge is -2.09. The first-order chi connectivity index (χ1) is 9.58. The quantitative estimate of drug-likeness (QED) is 0.733. The molecule has 3 N–H and O–H groups in total. The van der Waals surface area contributed by atoms with Gasteiger partial charge in [-0.3, -0.25) is 0 Å². The van der Waals surface area contributed by atoms with Crippen molar-refractivity contribution < 1.29 is 30.7 Å². The molecule has 21 heavy (non-hydrogen) atoms. The molecule has 1 aromatic heterocycles. The molecule has 10 heteroatoms. The summed E-state index contributed by atoms with van der Waals surface area (Å²) in [6.07, 6.45) is -4.44. The Bertz CT molecular complexity index is 581. The summed E-state index contributed by atoms with van der Waals surface area (Å²) in [4.78, 5) is -0.0710. The topological polar surface area (TPSA) is 94.6 Å². The first kappa shape index (κ1) is 18.0. The van der Waals surface area contributed by atoms with Crippen molar-refractivity contribution in [2.24, 2.45) is 5.73 Å². The molecule has 0 atom stereocenters. The number of rotatable bonds is 7. The normalized spacial score (nSPS) is 12.9. The van der Waals surface area contributed by atoms with E-state index < -0.39 is 29.4 Å². The Morgan fingerprint density at radius 3 is 2.43 bits per heavy atom. The number of sulfonamides is 1. The van der Waals surface area contributed by atoms with Gasteiger partial charge in [-0.25, -0.2) is 13.1 Å². The second-order valence-electron chi connectivity index (χ2n) is 4.29. The Labute approximate surface area is 120 Å². The lowest BCUT2D eigenvalue weighted by molar-refractivity contribution is -0.173. The van der Waals surface area contributed by atoms with Crippen molar-refractivity contribution in [3.63, 3.8) is 0 Å². The molecule has 0 aliphatic heterocycles. The van der Waals surface area contributed by atoms with Crippen molar-refractivity contribution in [1.29, 1.82) is 0 Å². The molecule has 0 aliphatic carbocycles. The largest absolute Gasteiger partial charge is 0.465 e. The van der Waals surface area contributed by atoms with E-state index in [1.54, 1.807) is 6.92 Å². The highest BCUT2D eigenvalue weighted by atomic mass is 32.2. The molecule has 0 fully saturated rings. The van der Waals surface area contributed by atoms with Crippen LogP contribution >= 0.6 is 0 Å². The highest BCUT2D eigenvalue weighted by molar-refractivity contribution is 7.89. The van der Waals surface area contributed by atoms with Crippen LogP contribution in [-0.2, 0) is 21.3 Å². The van der Waals surface area contributed by atoms with E-state index in [1.807, 2.05) is 0 Å².